The third kappa shape index (κ3) is 2.66. The Hall–Kier alpha value is -1.71. The molecular formula is C9H12N2O2. The van der Waals surface area contributed by atoms with Crippen LogP contribution in [0.25, 0.3) is 5.52 Å². The highest BCUT2D eigenvalue weighted by Crippen LogP contribution is 1.99. The monoisotopic (exact) mass is 180 g/mol. The zero-order valence-corrected chi connectivity index (χ0v) is 7.43. The summed E-state index contributed by atoms with van der Waals surface area (Å²) < 4.78 is 6.11. The lowest BCUT2D eigenvalue weighted by atomic mass is 10.5. The van der Waals surface area contributed by atoms with E-state index in [1.807, 2.05) is 29.0 Å². The van der Waals surface area contributed by atoms with Crippen LogP contribution >= 0.6 is 0 Å². The van der Waals surface area contributed by atoms with Crippen LogP contribution < -0.4 is 0 Å². The fourth-order valence-electron chi connectivity index (χ4n) is 0.918. The van der Waals surface area contributed by atoms with Gasteiger partial charge in [-0.1, -0.05) is 0 Å². The van der Waals surface area contributed by atoms with E-state index in [1.54, 1.807) is 6.92 Å². The summed E-state index contributed by atoms with van der Waals surface area (Å²) in [7, 11) is 0. The van der Waals surface area contributed by atoms with Crippen molar-refractivity contribution in [3.63, 3.8) is 0 Å². The quantitative estimate of drug-likeness (QED) is 0.711. The molecule has 2 aromatic rings. The fraction of sp³-hybridized carbons (Fsp3) is 0.222. The van der Waals surface area contributed by atoms with Crippen LogP contribution in [0.15, 0.2) is 30.6 Å². The van der Waals surface area contributed by atoms with E-state index in [0.717, 1.165) is 0 Å². The summed E-state index contributed by atoms with van der Waals surface area (Å²) >= 11 is 0. The molecule has 0 atom stereocenters. The van der Waals surface area contributed by atoms with Gasteiger partial charge >= 0.3 is 0 Å². The van der Waals surface area contributed by atoms with E-state index in [1.165, 1.54) is 5.52 Å². The van der Waals surface area contributed by atoms with Gasteiger partial charge in [-0.2, -0.15) is 0 Å². The first-order valence-electron chi connectivity index (χ1n) is 4.04. The van der Waals surface area contributed by atoms with Crippen molar-refractivity contribution < 1.29 is 9.53 Å². The van der Waals surface area contributed by atoms with E-state index < -0.39 is 0 Å². The van der Waals surface area contributed by atoms with E-state index in [-0.39, 0.29) is 0 Å². The third-order valence-corrected chi connectivity index (χ3v) is 1.48. The molecular weight excluding hydrogens is 168 g/mol. The number of aromatic amines is 1. The molecule has 0 spiro atoms. The van der Waals surface area contributed by atoms with E-state index in [4.69, 9.17) is 0 Å². The first-order chi connectivity index (χ1) is 6.38. The zero-order valence-electron chi connectivity index (χ0n) is 7.43. The highest BCUT2D eigenvalue weighted by molar-refractivity contribution is 5.45. The average molecular weight is 180 g/mol. The number of hydrogen-bond donors (Lipinski definition) is 1. The Morgan fingerprint density at radius 1 is 1.62 bits per heavy atom. The van der Waals surface area contributed by atoms with Crippen molar-refractivity contribution in [2.24, 2.45) is 0 Å². The molecule has 2 aromatic heterocycles. The molecule has 2 heterocycles. The summed E-state index contributed by atoms with van der Waals surface area (Å²) in [6.07, 6.45) is 3.89. The second-order valence-corrected chi connectivity index (χ2v) is 2.32. The number of aromatic nitrogens is 2. The lowest BCUT2D eigenvalue weighted by Crippen LogP contribution is -1.80. The molecule has 0 aliphatic carbocycles. The van der Waals surface area contributed by atoms with E-state index in [2.05, 4.69) is 15.9 Å². The van der Waals surface area contributed by atoms with Gasteiger partial charge in [0.1, 0.15) is 0 Å². The molecule has 0 saturated carbocycles. The predicted molar refractivity (Wildman–Crippen MR) is 49.4 cm³/mol. The molecule has 0 bridgehead atoms. The third-order valence-electron chi connectivity index (χ3n) is 1.48. The maximum atomic E-state index is 9.18. The van der Waals surface area contributed by atoms with Crippen LogP contribution in [0.3, 0.4) is 0 Å². The molecule has 1 N–H and O–H groups in total. The van der Waals surface area contributed by atoms with Gasteiger partial charge in [-0.3, -0.25) is 9.31 Å². The van der Waals surface area contributed by atoms with Gasteiger partial charge in [0.2, 0.25) is 0 Å². The van der Waals surface area contributed by atoms with Crippen LogP contribution in [-0.2, 0) is 9.53 Å². The summed E-state index contributed by atoms with van der Waals surface area (Å²) in [5, 5.41) is 3.02. The van der Waals surface area contributed by atoms with Gasteiger partial charge in [0.05, 0.1) is 12.1 Å². The highest BCUT2D eigenvalue weighted by Gasteiger charge is 1.85. The molecule has 0 saturated heterocycles. The second kappa shape index (κ2) is 5.03. The van der Waals surface area contributed by atoms with Gasteiger partial charge in [-0.05, 0) is 25.1 Å². The van der Waals surface area contributed by atoms with Crippen molar-refractivity contribution in [1.82, 2.24) is 9.61 Å². The van der Waals surface area contributed by atoms with Gasteiger partial charge in [0, 0.05) is 12.4 Å². The van der Waals surface area contributed by atoms with Gasteiger partial charge < -0.3 is 9.84 Å². The van der Waals surface area contributed by atoms with Crippen molar-refractivity contribution in [3.05, 3.63) is 30.6 Å². The Balaban J connectivity index is 0.000000149. The number of rotatable bonds is 2. The first-order valence-corrected chi connectivity index (χ1v) is 4.04. The number of hydrogen-bond acceptors (Lipinski definition) is 2. The SMILES string of the molecule is CCOC=O.c1cc2cc[nH]n2c1. The largest absolute Gasteiger partial charge is 0.468 e. The Morgan fingerprint density at radius 2 is 2.46 bits per heavy atom. The summed E-state index contributed by atoms with van der Waals surface area (Å²) in [5.41, 5.74) is 1.21. The Kier molecular flexibility index (Phi) is 3.63. The summed E-state index contributed by atoms with van der Waals surface area (Å²) in [6, 6.07) is 6.09. The minimum atomic E-state index is 0.431. The summed E-state index contributed by atoms with van der Waals surface area (Å²) in [5.74, 6) is 0. The number of nitrogens with one attached hydrogen (secondary N) is 1. The molecule has 0 aromatic carbocycles. The molecule has 0 fully saturated rings. The number of ether oxygens (including phenoxy) is 1. The van der Waals surface area contributed by atoms with Gasteiger partial charge in [-0.25, -0.2) is 0 Å². The number of carbonyl (C=O) groups is 1. The van der Waals surface area contributed by atoms with Gasteiger partial charge in [-0.15, -0.1) is 0 Å². The van der Waals surface area contributed by atoms with Crippen molar-refractivity contribution in [2.45, 2.75) is 6.92 Å². The highest BCUT2D eigenvalue weighted by atomic mass is 16.5. The molecule has 0 aliphatic heterocycles. The number of H-pyrrole nitrogens is 1. The smallest absolute Gasteiger partial charge is 0.293 e. The molecule has 2 rings (SSSR count). The van der Waals surface area contributed by atoms with Crippen molar-refractivity contribution in [3.8, 4) is 0 Å². The Morgan fingerprint density at radius 3 is 3.00 bits per heavy atom. The Labute approximate surface area is 76.1 Å². The zero-order chi connectivity index (χ0) is 9.52. The van der Waals surface area contributed by atoms with Crippen LogP contribution in [-0.4, -0.2) is 22.7 Å². The average Bonchev–Trinajstić information content (AvgIpc) is 2.66. The molecule has 0 aliphatic rings. The lowest BCUT2D eigenvalue weighted by Gasteiger charge is -1.79. The van der Waals surface area contributed by atoms with E-state index in [0.29, 0.717) is 13.1 Å². The lowest BCUT2D eigenvalue weighted by molar-refractivity contribution is -0.128. The van der Waals surface area contributed by atoms with E-state index in [9.17, 15) is 4.79 Å². The van der Waals surface area contributed by atoms with Crippen LogP contribution in [0.1, 0.15) is 6.92 Å². The standard InChI is InChI=1S/C6H6N2.C3H6O2/c1-2-6-3-4-7-8(6)5-1;1-2-5-3-4/h1-5,7H;3H,2H2,1H3. The molecule has 70 valence electrons. The fourth-order valence-corrected chi connectivity index (χ4v) is 0.918. The molecule has 4 nitrogen and oxygen atoms in total. The predicted octanol–water partition coefficient (Wildman–Crippen LogP) is 1.45. The minimum absolute atomic E-state index is 0.431. The molecule has 4 heteroatoms. The van der Waals surface area contributed by atoms with Crippen LogP contribution in [0.5, 0.6) is 0 Å². The van der Waals surface area contributed by atoms with Crippen molar-refractivity contribution in [2.75, 3.05) is 6.61 Å². The van der Waals surface area contributed by atoms with Gasteiger partial charge in [0.25, 0.3) is 6.47 Å². The summed E-state index contributed by atoms with van der Waals surface area (Å²) in [6.45, 7) is 2.66. The van der Waals surface area contributed by atoms with Crippen LogP contribution in [0, 0.1) is 0 Å². The van der Waals surface area contributed by atoms with E-state index >= 15 is 0 Å². The van der Waals surface area contributed by atoms with Crippen molar-refractivity contribution >= 4 is 12.0 Å². The number of nitrogens with zero attached hydrogens (tertiary/aromatic N) is 1. The first kappa shape index (κ1) is 9.38. The number of fused-ring (bicyclic) bond motifs is 1. The second-order valence-electron chi connectivity index (χ2n) is 2.32. The minimum Gasteiger partial charge on any atom is -0.468 e. The Bertz CT molecular complexity index is 300. The molecule has 0 unspecified atom stereocenters. The maximum absolute atomic E-state index is 9.18. The molecule has 0 radical (unpaired) electrons. The molecule has 13 heavy (non-hydrogen) atoms. The van der Waals surface area contributed by atoms with Gasteiger partial charge in [0.15, 0.2) is 0 Å². The normalized spacial score (nSPS) is 9.00. The van der Waals surface area contributed by atoms with Crippen LogP contribution in [0.2, 0.25) is 0 Å². The molecule has 0 amide bonds. The number of carbonyl (C=O) groups excluding carboxylic acids is 1. The topological polar surface area (TPSA) is 46.5 Å². The maximum Gasteiger partial charge on any atom is 0.293 e. The summed E-state index contributed by atoms with van der Waals surface area (Å²) in [4.78, 5) is 9.18. The van der Waals surface area contributed by atoms with Crippen molar-refractivity contribution in [1.29, 1.82) is 0 Å². The van der Waals surface area contributed by atoms with Crippen LogP contribution in [0.4, 0.5) is 0 Å².